The molecule has 1 aromatic heterocycles. The van der Waals surface area contributed by atoms with E-state index in [0.717, 1.165) is 59.6 Å². The molecule has 1 N–H and O–H groups in total. The quantitative estimate of drug-likeness (QED) is 0.426. The van der Waals surface area contributed by atoms with Crippen LogP contribution in [0.1, 0.15) is 30.5 Å². The number of rotatable bonds is 6. The van der Waals surface area contributed by atoms with Gasteiger partial charge in [0.15, 0.2) is 0 Å². The Morgan fingerprint density at radius 2 is 1.95 bits per heavy atom. The minimum atomic E-state index is -0.990. The monoisotopic (exact) mass is 619 g/mol. The van der Waals surface area contributed by atoms with Crippen molar-refractivity contribution in [2.45, 2.75) is 44.3 Å². The molecule has 214 valence electrons. The van der Waals surface area contributed by atoms with Crippen molar-refractivity contribution < 1.29 is 14.6 Å². The normalized spacial score (nSPS) is 21.1. The number of carboxylic acid groups (broad SMARTS) is 1. The first-order valence-electron chi connectivity index (χ1n) is 14.2. The highest BCUT2D eigenvalue weighted by molar-refractivity contribution is 9.10. The Bertz CT molecular complexity index is 1490. The number of fused-ring (bicyclic) bond motifs is 2. The van der Waals surface area contributed by atoms with Crippen LogP contribution in [0.15, 0.2) is 40.9 Å². The topological polar surface area (TPSA) is 109 Å². The molecule has 2 saturated heterocycles. The third-order valence-electron chi connectivity index (χ3n) is 8.63. The Balaban J connectivity index is 1.34. The number of halogens is 1. The van der Waals surface area contributed by atoms with Gasteiger partial charge in [-0.2, -0.15) is 15.2 Å². The van der Waals surface area contributed by atoms with Gasteiger partial charge >= 0.3 is 12.1 Å². The molecular formula is C30H34BrN7O3. The van der Waals surface area contributed by atoms with Crippen LogP contribution >= 0.6 is 15.9 Å². The molecule has 2 fully saturated rings. The highest BCUT2D eigenvalue weighted by atomic mass is 79.9. The molecular weight excluding hydrogens is 586 g/mol. The number of amides is 1. The molecule has 3 aliphatic rings. The van der Waals surface area contributed by atoms with Crippen LogP contribution in [0.25, 0.3) is 10.8 Å². The van der Waals surface area contributed by atoms with Crippen molar-refractivity contribution in [3.63, 3.8) is 0 Å². The van der Waals surface area contributed by atoms with Crippen molar-refractivity contribution >= 4 is 44.3 Å². The second-order valence-electron chi connectivity index (χ2n) is 11.1. The molecule has 0 aliphatic carbocycles. The van der Waals surface area contributed by atoms with E-state index in [4.69, 9.17) is 14.7 Å². The van der Waals surface area contributed by atoms with Crippen molar-refractivity contribution in [1.29, 1.82) is 5.26 Å². The number of hydrogen-bond donors (Lipinski definition) is 1. The second-order valence-corrected chi connectivity index (χ2v) is 11.9. The summed E-state index contributed by atoms with van der Waals surface area (Å²) in [6.07, 6.45) is 2.14. The largest absolute Gasteiger partial charge is 0.465 e. The summed E-state index contributed by atoms with van der Waals surface area (Å²) in [6.45, 7) is 4.23. The summed E-state index contributed by atoms with van der Waals surface area (Å²) < 4.78 is 7.31. The molecule has 6 rings (SSSR count). The predicted octanol–water partition coefficient (Wildman–Crippen LogP) is 4.51. The van der Waals surface area contributed by atoms with E-state index in [-0.39, 0.29) is 6.42 Å². The molecule has 10 nitrogen and oxygen atoms in total. The Hall–Kier alpha value is -3.62. The fourth-order valence-corrected chi connectivity index (χ4v) is 6.98. The highest BCUT2D eigenvalue weighted by Gasteiger charge is 2.34. The number of benzene rings is 2. The summed E-state index contributed by atoms with van der Waals surface area (Å²) in [5.74, 6) is 0.802. The molecule has 11 heteroatoms. The first-order chi connectivity index (χ1) is 19.9. The van der Waals surface area contributed by atoms with Crippen molar-refractivity contribution in [2.75, 3.05) is 56.2 Å². The number of piperazine rings is 1. The average molecular weight is 621 g/mol. The van der Waals surface area contributed by atoms with Gasteiger partial charge in [0.05, 0.1) is 30.8 Å². The third kappa shape index (κ3) is 5.51. The molecule has 2 aromatic carbocycles. The third-order valence-corrected chi connectivity index (χ3v) is 9.29. The number of aromatic nitrogens is 2. The van der Waals surface area contributed by atoms with E-state index >= 15 is 0 Å². The van der Waals surface area contributed by atoms with Crippen LogP contribution in [0.5, 0.6) is 6.01 Å². The second kappa shape index (κ2) is 11.7. The van der Waals surface area contributed by atoms with Crippen molar-refractivity contribution in [2.24, 2.45) is 0 Å². The van der Waals surface area contributed by atoms with E-state index in [9.17, 15) is 15.2 Å². The van der Waals surface area contributed by atoms with Gasteiger partial charge in [0.1, 0.15) is 12.4 Å². The zero-order valence-corrected chi connectivity index (χ0v) is 24.8. The molecule has 3 aliphatic heterocycles. The summed E-state index contributed by atoms with van der Waals surface area (Å²) in [5, 5.41) is 21.4. The summed E-state index contributed by atoms with van der Waals surface area (Å²) >= 11 is 3.76. The maximum absolute atomic E-state index is 11.8. The SMILES string of the molecule is CN1CCCC1COc1nc2c(c(N3CCN(C(=O)O)C(CC#N)C3)n1)CCN(c1cccc3cccc(Br)c13)C2. The molecule has 2 atom stereocenters. The number of likely N-dealkylation sites (N-methyl/N-ethyl adjacent to an activating group) is 1. The van der Waals surface area contributed by atoms with E-state index in [2.05, 4.69) is 80.1 Å². The van der Waals surface area contributed by atoms with Gasteiger partial charge in [-0.3, -0.25) is 0 Å². The van der Waals surface area contributed by atoms with Gasteiger partial charge in [0.2, 0.25) is 0 Å². The van der Waals surface area contributed by atoms with Crippen LogP contribution in [-0.2, 0) is 13.0 Å². The number of anilines is 2. The van der Waals surface area contributed by atoms with Crippen molar-refractivity contribution in [1.82, 2.24) is 19.8 Å². The van der Waals surface area contributed by atoms with Crippen LogP contribution < -0.4 is 14.5 Å². The Kier molecular flexibility index (Phi) is 7.86. The number of ether oxygens (including phenoxy) is 1. The van der Waals surface area contributed by atoms with Gasteiger partial charge in [0.25, 0.3) is 0 Å². The molecule has 41 heavy (non-hydrogen) atoms. The smallest absolute Gasteiger partial charge is 0.407 e. The summed E-state index contributed by atoms with van der Waals surface area (Å²) in [4.78, 5) is 29.9. The number of nitriles is 1. The van der Waals surface area contributed by atoms with E-state index in [0.29, 0.717) is 44.8 Å². The van der Waals surface area contributed by atoms with Crippen LogP contribution in [-0.4, -0.2) is 89.4 Å². The summed E-state index contributed by atoms with van der Waals surface area (Å²) in [7, 11) is 2.12. The molecule has 0 radical (unpaired) electrons. The number of likely N-dealkylation sites (tertiary alicyclic amines) is 1. The molecule has 3 aromatic rings. The molecule has 1 amide bonds. The van der Waals surface area contributed by atoms with Gasteiger partial charge in [-0.25, -0.2) is 4.79 Å². The van der Waals surface area contributed by atoms with Crippen LogP contribution in [0.3, 0.4) is 0 Å². The predicted molar refractivity (Wildman–Crippen MR) is 161 cm³/mol. The molecule has 4 heterocycles. The van der Waals surface area contributed by atoms with E-state index in [1.54, 1.807) is 0 Å². The van der Waals surface area contributed by atoms with Gasteiger partial charge in [-0.15, -0.1) is 0 Å². The maximum atomic E-state index is 11.8. The van der Waals surface area contributed by atoms with E-state index in [1.165, 1.54) is 15.7 Å². The van der Waals surface area contributed by atoms with Crippen LogP contribution in [0, 0.1) is 11.3 Å². The standard InChI is InChI=1S/C30H34BrN7O3/c1-35-13-4-7-22(35)19-41-29-33-25-18-36(26-9-3-6-20-5-2-8-24(31)27(20)26)14-11-23(25)28(34-29)37-15-16-38(30(39)40)21(17-37)10-12-32/h2-3,5-6,8-9,21-22H,4,7,10-11,13-19H2,1H3,(H,39,40). The van der Waals surface area contributed by atoms with E-state index < -0.39 is 12.1 Å². The fraction of sp³-hybridized carbons (Fsp3) is 0.467. The fourth-order valence-electron chi connectivity index (χ4n) is 6.40. The zero-order chi connectivity index (χ0) is 28.5. The Morgan fingerprint density at radius 3 is 2.71 bits per heavy atom. The maximum Gasteiger partial charge on any atom is 0.407 e. The van der Waals surface area contributed by atoms with Gasteiger partial charge in [-0.1, -0.05) is 40.2 Å². The molecule has 0 spiro atoms. The average Bonchev–Trinajstić information content (AvgIpc) is 3.39. The minimum absolute atomic E-state index is 0.136. The summed E-state index contributed by atoms with van der Waals surface area (Å²) in [5.41, 5.74) is 3.16. The van der Waals surface area contributed by atoms with Gasteiger partial charge in [0, 0.05) is 53.3 Å². The van der Waals surface area contributed by atoms with Crippen molar-refractivity contribution in [3.8, 4) is 12.1 Å². The Labute approximate surface area is 248 Å². The highest BCUT2D eigenvalue weighted by Crippen LogP contribution is 2.37. The van der Waals surface area contributed by atoms with Gasteiger partial charge in [-0.05, 0) is 50.4 Å². The van der Waals surface area contributed by atoms with Gasteiger partial charge < -0.3 is 29.4 Å². The van der Waals surface area contributed by atoms with Crippen LogP contribution in [0.2, 0.25) is 0 Å². The lowest BCUT2D eigenvalue weighted by Crippen LogP contribution is -2.55. The lowest BCUT2D eigenvalue weighted by molar-refractivity contribution is 0.119. The zero-order valence-electron chi connectivity index (χ0n) is 23.2. The first-order valence-corrected chi connectivity index (χ1v) is 15.0. The molecule has 2 unspecified atom stereocenters. The lowest BCUT2D eigenvalue weighted by Gasteiger charge is -2.41. The lowest BCUT2D eigenvalue weighted by atomic mass is 10.0. The number of nitrogens with zero attached hydrogens (tertiary/aromatic N) is 7. The van der Waals surface area contributed by atoms with Crippen molar-refractivity contribution in [3.05, 3.63) is 52.1 Å². The number of hydrogen-bond acceptors (Lipinski definition) is 8. The first kappa shape index (κ1) is 27.5. The Morgan fingerprint density at radius 1 is 1.12 bits per heavy atom. The molecule has 0 bridgehead atoms. The molecule has 0 saturated carbocycles. The minimum Gasteiger partial charge on any atom is -0.465 e. The summed E-state index contributed by atoms with van der Waals surface area (Å²) in [6, 6.07) is 15.1. The van der Waals surface area contributed by atoms with E-state index in [1.807, 2.05) is 0 Å². The van der Waals surface area contributed by atoms with Crippen LogP contribution in [0.4, 0.5) is 16.3 Å². The number of carbonyl (C=O) groups is 1.